The standard InChI is InChI=1S/C24H44O8Si.C4H12O4Si/c1-5-21(9-25-10-21)17-29-33(30-18-22(6-2)11-26-12-22,31-19-23(7-3)13-27-14-23)32-20-24(8-4)15-28-16-24;1-5-9(6-2,7-3)8-4/h5-20H2,1-4H3;1-4H3. The Morgan fingerprint density at radius 3 is 0.714 bits per heavy atom. The summed E-state index contributed by atoms with van der Waals surface area (Å²) in [4.78, 5) is 0. The van der Waals surface area contributed by atoms with Gasteiger partial charge in [0.25, 0.3) is 0 Å². The maximum Gasteiger partial charge on any atom is 0.679 e. The van der Waals surface area contributed by atoms with Crippen molar-refractivity contribution in [2.75, 3.05) is 108 Å². The molecule has 4 aliphatic rings. The summed E-state index contributed by atoms with van der Waals surface area (Å²) in [5.41, 5.74) is 0.0572. The van der Waals surface area contributed by atoms with Crippen molar-refractivity contribution in [2.45, 2.75) is 53.4 Å². The van der Waals surface area contributed by atoms with Gasteiger partial charge in [-0.05, 0) is 25.7 Å². The fourth-order valence-corrected chi connectivity index (χ4v) is 8.27. The molecule has 12 nitrogen and oxygen atoms in total. The summed E-state index contributed by atoms with van der Waals surface area (Å²) in [6.45, 7) is 16.5. The van der Waals surface area contributed by atoms with E-state index >= 15 is 0 Å². The zero-order chi connectivity index (χ0) is 30.8. The first-order chi connectivity index (χ1) is 20.1. The quantitative estimate of drug-likeness (QED) is 0.182. The molecule has 0 amide bonds. The molecule has 4 fully saturated rings. The third-order valence-corrected chi connectivity index (χ3v) is 13.5. The molecule has 14 heteroatoms. The first kappa shape index (κ1) is 36.4. The normalized spacial score (nSPS) is 23.4. The zero-order valence-corrected chi connectivity index (χ0v) is 29.2. The van der Waals surface area contributed by atoms with Crippen LogP contribution in [0.1, 0.15) is 53.4 Å². The van der Waals surface area contributed by atoms with E-state index in [2.05, 4.69) is 27.7 Å². The fourth-order valence-electron chi connectivity index (χ4n) is 4.84. The molecule has 4 saturated heterocycles. The second-order valence-corrected chi connectivity index (χ2v) is 17.1. The molecule has 0 N–H and O–H groups in total. The summed E-state index contributed by atoms with van der Waals surface area (Å²) in [5.74, 6) is 0. The highest BCUT2D eigenvalue weighted by molar-refractivity contribution is 6.53. The van der Waals surface area contributed by atoms with Crippen LogP contribution in [0.3, 0.4) is 0 Å². The molecule has 4 heterocycles. The van der Waals surface area contributed by atoms with E-state index in [0.717, 1.165) is 25.7 Å². The molecular formula is C28H56O12Si2. The van der Waals surface area contributed by atoms with Gasteiger partial charge in [0.1, 0.15) is 0 Å². The molecule has 0 atom stereocenters. The van der Waals surface area contributed by atoms with Gasteiger partial charge >= 0.3 is 18.1 Å². The van der Waals surface area contributed by atoms with Gasteiger partial charge < -0.3 is 54.4 Å². The Labute approximate surface area is 255 Å². The van der Waals surface area contributed by atoms with Gasteiger partial charge in [-0.25, -0.2) is 0 Å². The van der Waals surface area contributed by atoms with Crippen molar-refractivity contribution in [3.05, 3.63) is 0 Å². The highest BCUT2D eigenvalue weighted by atomic mass is 28.4. The van der Waals surface area contributed by atoms with Gasteiger partial charge in [-0.15, -0.1) is 0 Å². The van der Waals surface area contributed by atoms with E-state index in [-0.39, 0.29) is 21.7 Å². The second-order valence-electron chi connectivity index (χ2n) is 12.4. The van der Waals surface area contributed by atoms with Gasteiger partial charge in [0.15, 0.2) is 0 Å². The summed E-state index contributed by atoms with van der Waals surface area (Å²) in [5, 5.41) is 0. The Balaban J connectivity index is 0.000000467. The molecule has 0 unspecified atom stereocenters. The highest BCUT2D eigenvalue weighted by Crippen LogP contribution is 2.39. The van der Waals surface area contributed by atoms with Crippen molar-refractivity contribution in [2.24, 2.45) is 21.7 Å². The Hall–Kier alpha value is -0.0462. The molecule has 4 aliphatic heterocycles. The average molecular weight is 641 g/mol. The van der Waals surface area contributed by atoms with Crippen LogP contribution >= 0.6 is 0 Å². The Morgan fingerprint density at radius 1 is 0.405 bits per heavy atom. The van der Waals surface area contributed by atoms with E-state index in [4.69, 9.17) is 54.4 Å². The molecule has 0 saturated carbocycles. The van der Waals surface area contributed by atoms with Crippen LogP contribution in [0.2, 0.25) is 0 Å². The maximum atomic E-state index is 6.62. The number of hydrogen-bond donors (Lipinski definition) is 0. The molecule has 4 rings (SSSR count). The SMILES string of the molecule is CCC1(CO[Si](OCC2(CC)COC2)(OCC2(CC)COC2)OCC2(CC)COC2)COC1.CO[Si](OC)(OC)OC. The highest BCUT2D eigenvalue weighted by Gasteiger charge is 2.55. The van der Waals surface area contributed by atoms with Gasteiger partial charge in [0, 0.05) is 50.1 Å². The number of rotatable bonds is 20. The minimum absolute atomic E-state index is 0.0143. The minimum atomic E-state index is -3.45. The molecular weight excluding hydrogens is 584 g/mol. The first-order valence-corrected chi connectivity index (χ1v) is 18.5. The summed E-state index contributed by atoms with van der Waals surface area (Å²) < 4.78 is 68.1. The van der Waals surface area contributed by atoms with Crippen molar-refractivity contribution < 1.29 is 54.4 Å². The van der Waals surface area contributed by atoms with E-state index in [1.165, 1.54) is 28.4 Å². The number of ether oxygens (including phenoxy) is 4. The van der Waals surface area contributed by atoms with Crippen molar-refractivity contribution in [1.82, 2.24) is 0 Å². The van der Waals surface area contributed by atoms with E-state index in [1.807, 2.05) is 0 Å². The van der Waals surface area contributed by atoms with Crippen molar-refractivity contribution >= 4 is 18.1 Å². The monoisotopic (exact) mass is 640 g/mol. The Kier molecular flexibility index (Phi) is 13.9. The van der Waals surface area contributed by atoms with Crippen LogP contribution in [0, 0.1) is 21.7 Å². The molecule has 0 aromatic heterocycles. The van der Waals surface area contributed by atoms with E-state index in [0.29, 0.717) is 79.3 Å². The maximum absolute atomic E-state index is 6.62. The van der Waals surface area contributed by atoms with Gasteiger partial charge in [-0.2, -0.15) is 0 Å². The van der Waals surface area contributed by atoms with Crippen LogP contribution in [0.25, 0.3) is 0 Å². The zero-order valence-electron chi connectivity index (χ0n) is 27.2. The molecule has 248 valence electrons. The van der Waals surface area contributed by atoms with E-state index < -0.39 is 18.1 Å². The largest absolute Gasteiger partial charge is 0.679 e. The molecule has 0 aliphatic carbocycles. The van der Waals surface area contributed by atoms with Crippen LogP contribution in [-0.2, 0) is 54.4 Å². The summed E-state index contributed by atoms with van der Waals surface area (Å²) in [6.07, 6.45) is 3.96. The van der Waals surface area contributed by atoms with Gasteiger partial charge in [0.05, 0.1) is 79.3 Å². The topological polar surface area (TPSA) is 111 Å². The molecule has 0 aromatic rings. The van der Waals surface area contributed by atoms with E-state index in [9.17, 15) is 0 Å². The van der Waals surface area contributed by atoms with Crippen molar-refractivity contribution in [3.8, 4) is 0 Å². The smallest absolute Gasteiger partial charge is 0.380 e. The molecule has 42 heavy (non-hydrogen) atoms. The lowest BCUT2D eigenvalue weighted by atomic mass is 9.84. The first-order valence-electron chi connectivity index (χ1n) is 15.2. The van der Waals surface area contributed by atoms with E-state index in [1.54, 1.807) is 0 Å². The van der Waals surface area contributed by atoms with Crippen LogP contribution in [0.5, 0.6) is 0 Å². The van der Waals surface area contributed by atoms with Crippen LogP contribution in [-0.4, -0.2) is 126 Å². The molecule has 0 aromatic carbocycles. The Bertz CT molecular complexity index is 634. The van der Waals surface area contributed by atoms with Crippen LogP contribution < -0.4 is 0 Å². The fraction of sp³-hybridized carbons (Fsp3) is 1.00. The summed E-state index contributed by atoms with van der Waals surface area (Å²) >= 11 is 0. The lowest BCUT2D eigenvalue weighted by molar-refractivity contribution is -0.196. The van der Waals surface area contributed by atoms with Gasteiger partial charge in [-0.3, -0.25) is 0 Å². The average Bonchev–Trinajstić information content (AvgIpc) is 2.93. The lowest BCUT2D eigenvalue weighted by Gasteiger charge is -2.47. The van der Waals surface area contributed by atoms with Gasteiger partial charge in [-0.1, -0.05) is 27.7 Å². The Morgan fingerprint density at radius 2 is 0.619 bits per heavy atom. The molecule has 0 radical (unpaired) electrons. The predicted molar refractivity (Wildman–Crippen MR) is 158 cm³/mol. The number of hydrogen-bond acceptors (Lipinski definition) is 12. The summed E-state index contributed by atoms with van der Waals surface area (Å²) in [6, 6.07) is 0. The van der Waals surface area contributed by atoms with Crippen molar-refractivity contribution in [3.63, 3.8) is 0 Å². The van der Waals surface area contributed by atoms with Gasteiger partial charge in [0.2, 0.25) is 0 Å². The summed E-state index contributed by atoms with van der Waals surface area (Å²) in [7, 11) is -0.188. The van der Waals surface area contributed by atoms with Crippen LogP contribution in [0.15, 0.2) is 0 Å². The molecule has 0 spiro atoms. The second kappa shape index (κ2) is 16.0. The predicted octanol–water partition coefficient (Wildman–Crippen LogP) is 3.20. The van der Waals surface area contributed by atoms with Crippen LogP contribution in [0.4, 0.5) is 0 Å². The van der Waals surface area contributed by atoms with Crippen molar-refractivity contribution in [1.29, 1.82) is 0 Å². The minimum Gasteiger partial charge on any atom is -0.380 e. The molecule has 0 bridgehead atoms. The third kappa shape index (κ3) is 8.60. The third-order valence-electron chi connectivity index (χ3n) is 9.49. The lowest BCUT2D eigenvalue weighted by Crippen LogP contribution is -2.61.